The third kappa shape index (κ3) is 6.63. The zero-order valence-electron chi connectivity index (χ0n) is 15.2. The first-order valence-corrected chi connectivity index (χ1v) is 8.69. The van der Waals surface area contributed by atoms with Crippen LogP contribution in [0.1, 0.15) is 55.4 Å². The van der Waals surface area contributed by atoms with E-state index < -0.39 is 6.10 Å². The monoisotopic (exact) mass is 341 g/mol. The van der Waals surface area contributed by atoms with Gasteiger partial charge in [-0.05, 0) is 64.3 Å². The molecule has 0 radical (unpaired) electrons. The third-order valence-electron chi connectivity index (χ3n) is 3.75. The number of hydrogen-bond donors (Lipinski definition) is 2. The highest BCUT2D eigenvalue weighted by Gasteiger charge is 2.19. The van der Waals surface area contributed by atoms with Crippen molar-refractivity contribution in [1.29, 1.82) is 0 Å². The second-order valence-corrected chi connectivity index (χ2v) is 7.27. The first-order valence-electron chi connectivity index (χ1n) is 8.69. The molecular weight excluding hydrogens is 314 g/mol. The molecule has 0 aliphatic rings. The minimum atomic E-state index is -0.528. The average molecular weight is 341 g/mol. The zero-order valence-corrected chi connectivity index (χ0v) is 15.2. The summed E-state index contributed by atoms with van der Waals surface area (Å²) >= 11 is 0. The number of aliphatic hydroxyl groups is 1. The molecule has 134 valence electrons. The predicted molar refractivity (Wildman–Crippen MR) is 98.3 cm³/mol. The van der Waals surface area contributed by atoms with E-state index in [9.17, 15) is 9.90 Å². The maximum Gasteiger partial charge on any atom is 0.253 e. The van der Waals surface area contributed by atoms with Crippen LogP contribution in [0.4, 0.5) is 0 Å². The van der Waals surface area contributed by atoms with Crippen LogP contribution in [0.5, 0.6) is 0 Å². The SMILES string of the molecule is CC(C)(C)NC(=O)c1cccnc1C[C@H](O)CCCc1ccccn1. The van der Waals surface area contributed by atoms with Crippen LogP contribution in [-0.4, -0.2) is 32.6 Å². The van der Waals surface area contributed by atoms with E-state index in [0.29, 0.717) is 24.1 Å². The summed E-state index contributed by atoms with van der Waals surface area (Å²) < 4.78 is 0. The molecule has 1 atom stereocenters. The summed E-state index contributed by atoms with van der Waals surface area (Å²) in [5.74, 6) is -0.156. The fourth-order valence-corrected chi connectivity index (χ4v) is 2.61. The Morgan fingerprint density at radius 3 is 2.60 bits per heavy atom. The molecule has 1 amide bonds. The lowest BCUT2D eigenvalue weighted by Crippen LogP contribution is -2.41. The molecule has 0 saturated heterocycles. The molecule has 0 aromatic carbocycles. The Balaban J connectivity index is 1.92. The molecule has 0 unspecified atom stereocenters. The smallest absolute Gasteiger partial charge is 0.253 e. The van der Waals surface area contributed by atoms with Crippen LogP contribution in [0.25, 0.3) is 0 Å². The van der Waals surface area contributed by atoms with Gasteiger partial charge >= 0.3 is 0 Å². The van der Waals surface area contributed by atoms with Gasteiger partial charge in [0.15, 0.2) is 0 Å². The highest BCUT2D eigenvalue weighted by Crippen LogP contribution is 2.13. The lowest BCUT2D eigenvalue weighted by Gasteiger charge is -2.21. The number of carbonyl (C=O) groups excluding carboxylic acids is 1. The quantitative estimate of drug-likeness (QED) is 0.812. The van der Waals surface area contributed by atoms with Gasteiger partial charge in [-0.25, -0.2) is 0 Å². The molecule has 2 heterocycles. The first-order chi connectivity index (χ1) is 11.8. The fourth-order valence-electron chi connectivity index (χ4n) is 2.61. The van der Waals surface area contributed by atoms with Crippen LogP contribution < -0.4 is 5.32 Å². The third-order valence-corrected chi connectivity index (χ3v) is 3.75. The van der Waals surface area contributed by atoms with Gasteiger partial charge in [-0.15, -0.1) is 0 Å². The van der Waals surface area contributed by atoms with Crippen molar-refractivity contribution in [2.24, 2.45) is 0 Å². The van der Waals surface area contributed by atoms with Crippen molar-refractivity contribution in [3.05, 3.63) is 59.7 Å². The molecule has 2 rings (SSSR count). The Kier molecular flexibility index (Phi) is 6.65. The highest BCUT2D eigenvalue weighted by atomic mass is 16.3. The Labute approximate surface area is 149 Å². The van der Waals surface area contributed by atoms with Crippen LogP contribution >= 0.6 is 0 Å². The molecule has 0 fully saturated rings. The number of hydrogen-bond acceptors (Lipinski definition) is 4. The van der Waals surface area contributed by atoms with Crippen LogP contribution in [0.2, 0.25) is 0 Å². The molecule has 0 aliphatic heterocycles. The fraction of sp³-hybridized carbons (Fsp3) is 0.450. The second kappa shape index (κ2) is 8.72. The molecule has 2 aromatic rings. The number of nitrogens with one attached hydrogen (secondary N) is 1. The van der Waals surface area contributed by atoms with Gasteiger partial charge in [-0.2, -0.15) is 0 Å². The molecular formula is C20H27N3O2. The Bertz CT molecular complexity index is 681. The van der Waals surface area contributed by atoms with Crippen molar-refractivity contribution in [2.75, 3.05) is 0 Å². The van der Waals surface area contributed by atoms with E-state index in [1.807, 2.05) is 39.0 Å². The minimum Gasteiger partial charge on any atom is -0.393 e. The van der Waals surface area contributed by atoms with Crippen molar-refractivity contribution < 1.29 is 9.90 Å². The Morgan fingerprint density at radius 1 is 1.16 bits per heavy atom. The number of rotatable bonds is 7. The van der Waals surface area contributed by atoms with Gasteiger partial charge in [0, 0.05) is 30.0 Å². The van der Waals surface area contributed by atoms with E-state index in [4.69, 9.17) is 0 Å². The van der Waals surface area contributed by atoms with Crippen molar-refractivity contribution in [2.45, 2.75) is 58.1 Å². The molecule has 5 nitrogen and oxygen atoms in total. The maximum atomic E-state index is 12.4. The van der Waals surface area contributed by atoms with Crippen molar-refractivity contribution >= 4 is 5.91 Å². The van der Waals surface area contributed by atoms with Gasteiger partial charge in [-0.3, -0.25) is 14.8 Å². The summed E-state index contributed by atoms with van der Waals surface area (Å²) in [4.78, 5) is 21.0. The molecule has 25 heavy (non-hydrogen) atoms. The molecule has 5 heteroatoms. The number of aryl methyl sites for hydroxylation is 1. The van der Waals surface area contributed by atoms with Crippen LogP contribution in [0.3, 0.4) is 0 Å². The number of aliphatic hydroxyl groups excluding tert-OH is 1. The first kappa shape index (κ1) is 19.1. The summed E-state index contributed by atoms with van der Waals surface area (Å²) in [6, 6.07) is 9.34. The average Bonchev–Trinajstić information content (AvgIpc) is 2.54. The molecule has 0 saturated carbocycles. The lowest BCUT2D eigenvalue weighted by atomic mass is 10.0. The van der Waals surface area contributed by atoms with E-state index in [0.717, 1.165) is 18.5 Å². The molecule has 0 aliphatic carbocycles. The zero-order chi connectivity index (χ0) is 18.3. The molecule has 2 aromatic heterocycles. The van der Waals surface area contributed by atoms with Crippen molar-refractivity contribution in [3.63, 3.8) is 0 Å². The largest absolute Gasteiger partial charge is 0.393 e. The van der Waals surface area contributed by atoms with Gasteiger partial charge in [-0.1, -0.05) is 6.07 Å². The van der Waals surface area contributed by atoms with Gasteiger partial charge in [0.2, 0.25) is 0 Å². The summed E-state index contributed by atoms with van der Waals surface area (Å²) in [5.41, 5.74) is 1.87. The van der Waals surface area contributed by atoms with Gasteiger partial charge in [0.25, 0.3) is 5.91 Å². The van der Waals surface area contributed by atoms with Crippen molar-refractivity contribution in [1.82, 2.24) is 15.3 Å². The molecule has 0 spiro atoms. The minimum absolute atomic E-state index is 0.156. The van der Waals surface area contributed by atoms with Crippen LogP contribution in [0.15, 0.2) is 42.7 Å². The summed E-state index contributed by atoms with van der Waals surface area (Å²) in [6.07, 6.45) is 5.60. The second-order valence-electron chi connectivity index (χ2n) is 7.27. The van der Waals surface area contributed by atoms with E-state index in [-0.39, 0.29) is 11.4 Å². The number of nitrogens with zero attached hydrogens (tertiary/aromatic N) is 2. The maximum absolute atomic E-state index is 12.4. The van der Waals surface area contributed by atoms with Crippen LogP contribution in [-0.2, 0) is 12.8 Å². The predicted octanol–water partition coefficient (Wildman–Crippen LogP) is 2.93. The van der Waals surface area contributed by atoms with E-state index in [1.54, 1.807) is 24.5 Å². The van der Waals surface area contributed by atoms with E-state index in [2.05, 4.69) is 15.3 Å². The molecule has 2 N–H and O–H groups in total. The number of amides is 1. The number of aromatic nitrogens is 2. The van der Waals surface area contributed by atoms with Gasteiger partial charge < -0.3 is 10.4 Å². The summed E-state index contributed by atoms with van der Waals surface area (Å²) in [7, 11) is 0. The molecule has 0 bridgehead atoms. The van der Waals surface area contributed by atoms with Gasteiger partial charge in [0.1, 0.15) is 0 Å². The highest BCUT2D eigenvalue weighted by molar-refractivity contribution is 5.95. The van der Waals surface area contributed by atoms with E-state index >= 15 is 0 Å². The van der Waals surface area contributed by atoms with E-state index in [1.165, 1.54) is 0 Å². The van der Waals surface area contributed by atoms with Gasteiger partial charge in [0.05, 0.1) is 17.4 Å². The summed E-state index contributed by atoms with van der Waals surface area (Å²) in [6.45, 7) is 5.81. The lowest BCUT2D eigenvalue weighted by molar-refractivity contribution is 0.0917. The Hall–Kier alpha value is -2.27. The number of carbonyl (C=O) groups is 1. The summed E-state index contributed by atoms with van der Waals surface area (Å²) in [5, 5.41) is 13.3. The number of pyridine rings is 2. The Morgan fingerprint density at radius 2 is 1.92 bits per heavy atom. The van der Waals surface area contributed by atoms with Crippen LogP contribution in [0, 0.1) is 0 Å². The normalized spacial score (nSPS) is 12.6. The topological polar surface area (TPSA) is 75.1 Å². The standard InChI is InChI=1S/C20H27N3O2/c1-20(2,3)23-19(25)17-11-7-13-22-18(17)14-16(24)10-6-9-15-8-4-5-12-21-15/h4-5,7-8,11-13,16,24H,6,9-10,14H2,1-3H3,(H,23,25)/t16-/m1/s1. The van der Waals surface area contributed by atoms with Crippen molar-refractivity contribution in [3.8, 4) is 0 Å².